The molecule has 0 amide bonds. The van der Waals surface area contributed by atoms with Crippen molar-refractivity contribution in [3.05, 3.63) is 0 Å². The van der Waals surface area contributed by atoms with E-state index < -0.39 is 29.8 Å². The third-order valence-electron chi connectivity index (χ3n) is 6.10. The van der Waals surface area contributed by atoms with E-state index in [9.17, 15) is 18.4 Å². The van der Waals surface area contributed by atoms with Gasteiger partial charge in [0.15, 0.2) is 6.10 Å². The summed E-state index contributed by atoms with van der Waals surface area (Å²) >= 11 is 0. The first kappa shape index (κ1) is 16.2. The lowest BCUT2D eigenvalue weighted by atomic mass is 9.53. The molecule has 24 heavy (non-hydrogen) atoms. The van der Waals surface area contributed by atoms with Crippen molar-refractivity contribution in [3.8, 4) is 0 Å². The van der Waals surface area contributed by atoms with Crippen molar-refractivity contribution in [2.24, 2.45) is 23.7 Å². The molecule has 1 atom stereocenters. The van der Waals surface area contributed by atoms with Crippen molar-refractivity contribution in [2.45, 2.75) is 63.3 Å². The molecule has 1 heterocycles. The van der Waals surface area contributed by atoms with Crippen LogP contribution in [-0.2, 0) is 23.8 Å². The summed E-state index contributed by atoms with van der Waals surface area (Å²) in [4.78, 5) is 23.3. The molecular formula is C17H22F2O5. The van der Waals surface area contributed by atoms with E-state index in [1.165, 1.54) is 6.42 Å². The number of carbonyl (C=O) groups excluding carboxylic acids is 2. The van der Waals surface area contributed by atoms with Crippen LogP contribution in [0.2, 0.25) is 0 Å². The molecule has 5 aliphatic rings. The van der Waals surface area contributed by atoms with Crippen LogP contribution in [0.3, 0.4) is 0 Å². The minimum atomic E-state index is -3.53. The first-order valence-corrected chi connectivity index (χ1v) is 8.73. The Bertz CT molecular complexity index is 528. The van der Waals surface area contributed by atoms with Gasteiger partial charge in [-0.3, -0.25) is 0 Å². The average molecular weight is 344 g/mol. The van der Waals surface area contributed by atoms with E-state index in [0.717, 1.165) is 25.7 Å². The Morgan fingerprint density at radius 1 is 1.21 bits per heavy atom. The van der Waals surface area contributed by atoms with E-state index in [1.807, 2.05) is 0 Å². The summed E-state index contributed by atoms with van der Waals surface area (Å²) in [5.74, 6) is -4.48. The Hall–Kier alpha value is -1.24. The molecule has 0 aromatic heterocycles. The molecule has 134 valence electrons. The molecule has 1 unspecified atom stereocenters. The lowest BCUT2D eigenvalue weighted by molar-refractivity contribution is -0.291. The summed E-state index contributed by atoms with van der Waals surface area (Å²) in [5.41, 5.74) is 0. The SMILES string of the molecule is CC(F)(F)C(=O)OCCC1OC2(OC1=O)C1CC3CC(C1)CC2C3. The fourth-order valence-corrected chi connectivity index (χ4v) is 5.28. The number of esters is 2. The fourth-order valence-electron chi connectivity index (χ4n) is 5.28. The fraction of sp³-hybridized carbons (Fsp3) is 0.882. The van der Waals surface area contributed by atoms with Crippen LogP contribution >= 0.6 is 0 Å². The molecule has 4 bridgehead atoms. The zero-order valence-corrected chi connectivity index (χ0v) is 13.6. The predicted molar refractivity (Wildman–Crippen MR) is 76.9 cm³/mol. The molecule has 7 heteroatoms. The van der Waals surface area contributed by atoms with Crippen molar-refractivity contribution in [3.63, 3.8) is 0 Å². The third kappa shape index (κ3) is 2.52. The summed E-state index contributed by atoms with van der Waals surface area (Å²) in [7, 11) is 0. The Kier molecular flexibility index (Phi) is 3.64. The zero-order valence-electron chi connectivity index (χ0n) is 13.6. The van der Waals surface area contributed by atoms with E-state index in [0.29, 0.717) is 18.8 Å². The molecule has 1 aliphatic heterocycles. The quantitative estimate of drug-likeness (QED) is 0.734. The normalized spacial score (nSPS) is 43.3. The molecule has 0 aromatic rings. The van der Waals surface area contributed by atoms with Gasteiger partial charge >= 0.3 is 17.9 Å². The molecule has 4 saturated carbocycles. The number of hydrogen-bond acceptors (Lipinski definition) is 5. The van der Waals surface area contributed by atoms with Crippen molar-refractivity contribution < 1.29 is 32.6 Å². The van der Waals surface area contributed by atoms with Crippen LogP contribution in [-0.4, -0.2) is 36.4 Å². The van der Waals surface area contributed by atoms with Crippen LogP contribution in [0.4, 0.5) is 8.78 Å². The second-order valence-corrected chi connectivity index (χ2v) is 7.87. The Morgan fingerprint density at radius 2 is 1.79 bits per heavy atom. The van der Waals surface area contributed by atoms with Crippen molar-refractivity contribution >= 4 is 11.9 Å². The summed E-state index contributed by atoms with van der Waals surface area (Å²) in [6.45, 7) is 0.206. The average Bonchev–Trinajstić information content (AvgIpc) is 2.81. The van der Waals surface area contributed by atoms with E-state index in [-0.39, 0.29) is 24.9 Å². The summed E-state index contributed by atoms with van der Waals surface area (Å²) in [6, 6.07) is 0. The highest BCUT2D eigenvalue weighted by Gasteiger charge is 2.64. The minimum absolute atomic E-state index is 0.0503. The van der Waals surface area contributed by atoms with Crippen LogP contribution in [0.25, 0.3) is 0 Å². The highest BCUT2D eigenvalue weighted by molar-refractivity contribution is 5.78. The van der Waals surface area contributed by atoms with Gasteiger partial charge in [-0.05, 0) is 43.9 Å². The largest absolute Gasteiger partial charge is 0.461 e. The summed E-state index contributed by atoms with van der Waals surface area (Å²) in [5, 5.41) is 0. The van der Waals surface area contributed by atoms with Gasteiger partial charge in [0.05, 0.1) is 6.61 Å². The van der Waals surface area contributed by atoms with Gasteiger partial charge in [-0.15, -0.1) is 0 Å². The first-order valence-electron chi connectivity index (χ1n) is 8.73. The molecule has 5 nitrogen and oxygen atoms in total. The van der Waals surface area contributed by atoms with E-state index in [1.54, 1.807) is 0 Å². The van der Waals surface area contributed by atoms with Gasteiger partial charge in [0.2, 0.25) is 5.79 Å². The number of hydrogen-bond donors (Lipinski definition) is 0. The van der Waals surface area contributed by atoms with E-state index >= 15 is 0 Å². The second-order valence-electron chi connectivity index (χ2n) is 7.87. The lowest BCUT2D eigenvalue weighted by Crippen LogP contribution is -2.58. The lowest BCUT2D eigenvalue weighted by Gasteiger charge is -2.57. The number of halogens is 2. The van der Waals surface area contributed by atoms with Gasteiger partial charge in [-0.25, -0.2) is 9.59 Å². The summed E-state index contributed by atoms with van der Waals surface area (Å²) in [6.07, 6.45) is 4.62. The topological polar surface area (TPSA) is 61.8 Å². The highest BCUT2D eigenvalue weighted by atomic mass is 19.3. The molecule has 5 fully saturated rings. The zero-order chi connectivity index (χ0) is 17.1. The molecule has 5 rings (SSSR count). The number of rotatable bonds is 4. The Balaban J connectivity index is 1.38. The van der Waals surface area contributed by atoms with Gasteiger partial charge in [0, 0.05) is 25.2 Å². The molecule has 1 saturated heterocycles. The first-order chi connectivity index (χ1) is 11.3. The standard InChI is InChI=1S/C17H22F2O5/c1-16(18,19)15(21)22-3-2-13-14(20)24-17(23-13)11-5-9-4-10(7-11)8-12(17)6-9/h9-13H,2-8H2,1H3. The molecule has 0 radical (unpaired) electrons. The van der Waals surface area contributed by atoms with E-state index in [4.69, 9.17) is 9.47 Å². The van der Waals surface area contributed by atoms with Gasteiger partial charge in [0.1, 0.15) is 0 Å². The van der Waals surface area contributed by atoms with Crippen LogP contribution in [0.5, 0.6) is 0 Å². The molecular weight excluding hydrogens is 322 g/mol. The number of alkyl halides is 2. The molecule has 1 spiro atoms. The Morgan fingerprint density at radius 3 is 2.33 bits per heavy atom. The predicted octanol–water partition coefficient (Wildman–Crippen LogP) is 2.67. The Labute approximate surface area is 139 Å². The molecule has 4 aliphatic carbocycles. The van der Waals surface area contributed by atoms with Crippen molar-refractivity contribution in [1.29, 1.82) is 0 Å². The summed E-state index contributed by atoms with van der Waals surface area (Å²) < 4.78 is 41.9. The van der Waals surface area contributed by atoms with Gasteiger partial charge in [-0.1, -0.05) is 0 Å². The van der Waals surface area contributed by atoms with Crippen LogP contribution in [0.15, 0.2) is 0 Å². The number of ether oxygens (including phenoxy) is 3. The van der Waals surface area contributed by atoms with Crippen LogP contribution < -0.4 is 0 Å². The van der Waals surface area contributed by atoms with Gasteiger partial charge in [0.25, 0.3) is 0 Å². The van der Waals surface area contributed by atoms with Crippen molar-refractivity contribution in [1.82, 2.24) is 0 Å². The van der Waals surface area contributed by atoms with E-state index in [2.05, 4.69) is 4.74 Å². The highest BCUT2D eigenvalue weighted by Crippen LogP contribution is 2.61. The van der Waals surface area contributed by atoms with Gasteiger partial charge in [-0.2, -0.15) is 8.78 Å². The molecule has 0 N–H and O–H groups in total. The maximum Gasteiger partial charge on any atom is 0.376 e. The minimum Gasteiger partial charge on any atom is -0.461 e. The molecule has 0 aromatic carbocycles. The third-order valence-corrected chi connectivity index (χ3v) is 6.10. The van der Waals surface area contributed by atoms with Crippen LogP contribution in [0.1, 0.15) is 45.4 Å². The van der Waals surface area contributed by atoms with Gasteiger partial charge < -0.3 is 14.2 Å². The smallest absolute Gasteiger partial charge is 0.376 e. The second kappa shape index (κ2) is 5.38. The monoisotopic (exact) mass is 344 g/mol. The number of carbonyl (C=O) groups is 2. The maximum absolute atomic E-state index is 12.8. The van der Waals surface area contributed by atoms with Crippen molar-refractivity contribution in [2.75, 3.05) is 6.61 Å². The maximum atomic E-state index is 12.8. The van der Waals surface area contributed by atoms with Crippen LogP contribution in [0, 0.1) is 23.7 Å².